The Hall–Kier alpha value is -2.62. The summed E-state index contributed by atoms with van der Waals surface area (Å²) in [5, 5.41) is 6.07. The molecular formula is C20H20N2O2. The summed E-state index contributed by atoms with van der Waals surface area (Å²) >= 11 is 0. The lowest BCUT2D eigenvalue weighted by Crippen LogP contribution is -2.64. The van der Waals surface area contributed by atoms with Crippen LogP contribution in [0.5, 0.6) is 0 Å². The standard InChI is InChI=1S/C20H20N2O2/c1-21-18(24)19-12-11-17(23)22-20(19,15-8-3-2-4-9-15)16-10-6-5-7-14(16)13-19/h2-10H,11-13H2,1H3,(H,21,24)(H,22,23)/t19-,20+/m0/s1. The molecule has 2 aliphatic rings. The van der Waals surface area contributed by atoms with E-state index in [1.807, 2.05) is 48.5 Å². The van der Waals surface area contributed by atoms with Crippen LogP contribution in [0.3, 0.4) is 0 Å². The first kappa shape index (κ1) is 14.9. The topological polar surface area (TPSA) is 58.2 Å². The molecule has 4 rings (SSSR count). The molecule has 1 saturated heterocycles. The van der Waals surface area contributed by atoms with Gasteiger partial charge in [0.1, 0.15) is 5.54 Å². The van der Waals surface area contributed by atoms with Crippen LogP contribution in [0.4, 0.5) is 0 Å². The number of fused-ring (bicyclic) bond motifs is 3. The monoisotopic (exact) mass is 320 g/mol. The highest BCUT2D eigenvalue weighted by atomic mass is 16.2. The van der Waals surface area contributed by atoms with Crippen molar-refractivity contribution >= 4 is 11.8 Å². The summed E-state index contributed by atoms with van der Waals surface area (Å²) in [7, 11) is 1.67. The third-order valence-electron chi connectivity index (χ3n) is 5.61. The zero-order valence-corrected chi connectivity index (χ0v) is 13.6. The van der Waals surface area contributed by atoms with Crippen molar-refractivity contribution in [1.82, 2.24) is 10.6 Å². The lowest BCUT2D eigenvalue weighted by Gasteiger charge is -2.49. The van der Waals surface area contributed by atoms with Crippen molar-refractivity contribution in [2.75, 3.05) is 7.05 Å². The number of rotatable bonds is 2. The molecule has 2 atom stereocenters. The molecule has 1 aliphatic carbocycles. The summed E-state index contributed by atoms with van der Waals surface area (Å²) < 4.78 is 0. The Morgan fingerprint density at radius 1 is 1.08 bits per heavy atom. The Morgan fingerprint density at radius 3 is 2.54 bits per heavy atom. The van der Waals surface area contributed by atoms with Gasteiger partial charge in [-0.2, -0.15) is 0 Å². The van der Waals surface area contributed by atoms with Gasteiger partial charge in [-0.25, -0.2) is 0 Å². The average molecular weight is 320 g/mol. The van der Waals surface area contributed by atoms with E-state index in [1.54, 1.807) is 7.05 Å². The van der Waals surface area contributed by atoms with Crippen molar-refractivity contribution in [3.63, 3.8) is 0 Å². The molecule has 0 radical (unpaired) electrons. The van der Waals surface area contributed by atoms with Crippen molar-refractivity contribution in [3.05, 3.63) is 71.3 Å². The summed E-state index contributed by atoms with van der Waals surface area (Å²) in [6, 6.07) is 18.0. The minimum atomic E-state index is -0.805. The molecule has 2 aromatic carbocycles. The van der Waals surface area contributed by atoms with E-state index in [9.17, 15) is 9.59 Å². The Labute approximate surface area is 141 Å². The van der Waals surface area contributed by atoms with Crippen LogP contribution in [0.1, 0.15) is 29.5 Å². The molecule has 2 aromatic rings. The van der Waals surface area contributed by atoms with Crippen molar-refractivity contribution in [2.24, 2.45) is 5.41 Å². The third-order valence-corrected chi connectivity index (χ3v) is 5.61. The predicted octanol–water partition coefficient (Wildman–Crippen LogP) is 2.13. The number of carbonyl (C=O) groups excluding carboxylic acids is 2. The first-order valence-corrected chi connectivity index (χ1v) is 8.31. The molecule has 0 saturated carbocycles. The van der Waals surface area contributed by atoms with Gasteiger partial charge in [0, 0.05) is 13.5 Å². The average Bonchev–Trinajstić information content (AvgIpc) is 2.94. The third kappa shape index (κ3) is 1.74. The Morgan fingerprint density at radius 2 is 1.79 bits per heavy atom. The second-order valence-corrected chi connectivity index (χ2v) is 6.66. The van der Waals surface area contributed by atoms with E-state index < -0.39 is 11.0 Å². The molecule has 2 N–H and O–H groups in total. The van der Waals surface area contributed by atoms with E-state index in [4.69, 9.17) is 0 Å². The van der Waals surface area contributed by atoms with Crippen LogP contribution in [0.25, 0.3) is 0 Å². The number of nitrogens with one attached hydrogen (secondary N) is 2. The predicted molar refractivity (Wildman–Crippen MR) is 91.2 cm³/mol. The van der Waals surface area contributed by atoms with Crippen molar-refractivity contribution < 1.29 is 9.59 Å². The second kappa shape index (κ2) is 5.20. The van der Waals surface area contributed by atoms with E-state index in [0.29, 0.717) is 19.3 Å². The van der Waals surface area contributed by atoms with Gasteiger partial charge in [-0.05, 0) is 29.5 Å². The second-order valence-electron chi connectivity index (χ2n) is 6.66. The quantitative estimate of drug-likeness (QED) is 0.890. The van der Waals surface area contributed by atoms with Gasteiger partial charge in [0.2, 0.25) is 11.8 Å². The fraction of sp³-hybridized carbons (Fsp3) is 0.300. The summed E-state index contributed by atoms with van der Waals surface area (Å²) in [6.07, 6.45) is 1.55. The summed E-state index contributed by atoms with van der Waals surface area (Å²) in [5.74, 6) is -0.0161. The SMILES string of the molecule is CNC(=O)[C@@]12CCC(=O)N[C@]1(c1ccccc1)c1ccccc1C2. The van der Waals surface area contributed by atoms with Crippen LogP contribution < -0.4 is 10.6 Å². The van der Waals surface area contributed by atoms with Crippen molar-refractivity contribution in [3.8, 4) is 0 Å². The van der Waals surface area contributed by atoms with Gasteiger partial charge in [-0.3, -0.25) is 9.59 Å². The molecule has 4 heteroatoms. The summed E-state index contributed by atoms with van der Waals surface area (Å²) in [5.41, 5.74) is 1.63. The molecule has 0 aromatic heterocycles. The van der Waals surface area contributed by atoms with Gasteiger partial charge in [-0.15, -0.1) is 0 Å². The first-order chi connectivity index (χ1) is 11.6. The number of benzene rings is 2. The van der Waals surface area contributed by atoms with Gasteiger partial charge in [-0.1, -0.05) is 54.6 Å². The van der Waals surface area contributed by atoms with Gasteiger partial charge in [0.15, 0.2) is 0 Å². The molecule has 24 heavy (non-hydrogen) atoms. The molecule has 1 heterocycles. The first-order valence-electron chi connectivity index (χ1n) is 8.31. The highest BCUT2D eigenvalue weighted by Crippen LogP contribution is 2.58. The van der Waals surface area contributed by atoms with Gasteiger partial charge < -0.3 is 10.6 Å². The van der Waals surface area contributed by atoms with Crippen molar-refractivity contribution in [2.45, 2.75) is 24.8 Å². The molecule has 0 bridgehead atoms. The smallest absolute Gasteiger partial charge is 0.229 e. The largest absolute Gasteiger partial charge is 0.359 e. The zero-order chi connectivity index (χ0) is 16.8. The normalized spacial score (nSPS) is 27.8. The van der Waals surface area contributed by atoms with E-state index in [2.05, 4.69) is 16.7 Å². The summed E-state index contributed by atoms with van der Waals surface area (Å²) in [4.78, 5) is 25.5. The molecular weight excluding hydrogens is 300 g/mol. The Bertz CT molecular complexity index is 817. The lowest BCUT2D eigenvalue weighted by molar-refractivity contribution is -0.142. The maximum Gasteiger partial charge on any atom is 0.229 e. The number of carbonyl (C=O) groups is 2. The molecule has 122 valence electrons. The maximum absolute atomic E-state index is 13.1. The van der Waals surface area contributed by atoms with E-state index in [-0.39, 0.29) is 11.8 Å². The van der Waals surface area contributed by atoms with Crippen LogP contribution in [0, 0.1) is 5.41 Å². The molecule has 0 spiro atoms. The minimum Gasteiger partial charge on any atom is -0.359 e. The highest BCUT2D eigenvalue weighted by molar-refractivity contribution is 5.92. The molecule has 1 fully saturated rings. The maximum atomic E-state index is 13.1. The van der Waals surface area contributed by atoms with Crippen LogP contribution in [0.2, 0.25) is 0 Å². The Kier molecular flexibility index (Phi) is 3.23. The highest BCUT2D eigenvalue weighted by Gasteiger charge is 2.64. The zero-order valence-electron chi connectivity index (χ0n) is 13.6. The fourth-order valence-electron chi connectivity index (χ4n) is 4.61. The summed E-state index contributed by atoms with van der Waals surface area (Å²) in [6.45, 7) is 0. The molecule has 2 amide bonds. The molecule has 0 unspecified atom stereocenters. The fourth-order valence-corrected chi connectivity index (χ4v) is 4.61. The number of hydrogen-bond donors (Lipinski definition) is 2. The van der Waals surface area contributed by atoms with Crippen LogP contribution in [-0.2, 0) is 21.5 Å². The van der Waals surface area contributed by atoms with Crippen LogP contribution in [0.15, 0.2) is 54.6 Å². The number of piperidine rings is 1. The van der Waals surface area contributed by atoms with Gasteiger partial charge >= 0.3 is 0 Å². The Balaban J connectivity index is 2.06. The van der Waals surface area contributed by atoms with E-state index >= 15 is 0 Å². The van der Waals surface area contributed by atoms with Crippen molar-refractivity contribution in [1.29, 1.82) is 0 Å². The number of amides is 2. The lowest BCUT2D eigenvalue weighted by atomic mass is 9.61. The van der Waals surface area contributed by atoms with Crippen LogP contribution in [-0.4, -0.2) is 18.9 Å². The molecule has 4 nitrogen and oxygen atoms in total. The molecule has 1 aliphatic heterocycles. The van der Waals surface area contributed by atoms with Gasteiger partial charge in [0.05, 0.1) is 5.41 Å². The number of hydrogen-bond acceptors (Lipinski definition) is 2. The van der Waals surface area contributed by atoms with E-state index in [0.717, 1.165) is 16.7 Å². The minimum absolute atomic E-state index is 0.00455. The van der Waals surface area contributed by atoms with Gasteiger partial charge in [0.25, 0.3) is 0 Å². The van der Waals surface area contributed by atoms with Crippen LogP contribution >= 0.6 is 0 Å². The van der Waals surface area contributed by atoms with E-state index in [1.165, 1.54) is 0 Å².